The van der Waals surface area contributed by atoms with E-state index in [0.29, 0.717) is 36.3 Å². The Morgan fingerprint density at radius 2 is 1.68 bits per heavy atom. The molecule has 184 valence electrons. The first-order chi connectivity index (χ1) is 16.4. The number of hydrogen-bond acceptors (Lipinski definition) is 7. The largest absolute Gasteiger partial charge is 0.494 e. The monoisotopic (exact) mass is 469 g/mol. The maximum atomic E-state index is 13.8. The lowest BCUT2D eigenvalue weighted by Gasteiger charge is -2.39. The molecular formula is C27H35NO6. The fourth-order valence-corrected chi connectivity index (χ4v) is 4.85. The molecule has 3 rings (SSSR count). The van der Waals surface area contributed by atoms with Crippen LogP contribution in [0.3, 0.4) is 0 Å². The summed E-state index contributed by atoms with van der Waals surface area (Å²) in [6.07, 6.45) is 1.97. The number of rotatable bonds is 9. The molecule has 3 atom stereocenters. The van der Waals surface area contributed by atoms with Crippen LogP contribution in [-0.2, 0) is 23.9 Å². The van der Waals surface area contributed by atoms with Crippen LogP contribution in [-0.4, -0.2) is 37.5 Å². The van der Waals surface area contributed by atoms with Crippen molar-refractivity contribution in [3.05, 3.63) is 52.4 Å². The van der Waals surface area contributed by atoms with Crippen LogP contribution in [0.2, 0.25) is 0 Å². The van der Waals surface area contributed by atoms with E-state index < -0.39 is 23.8 Å². The zero-order valence-corrected chi connectivity index (χ0v) is 20.7. The third-order valence-electron chi connectivity index (χ3n) is 6.23. The fourth-order valence-electron chi connectivity index (χ4n) is 4.85. The van der Waals surface area contributed by atoms with Crippen molar-refractivity contribution < 1.29 is 28.6 Å². The van der Waals surface area contributed by atoms with Gasteiger partial charge < -0.3 is 19.5 Å². The standard InChI is InChI=1S/C27H35NO6/c1-6-10-19-24(27(31)34-9-4)22(17-11-13-18(14-12-17)32-7-2)23-20(28-19)15-16(5)21(25(23)29)26(30)33-8-3/h11-14,16,21-22,28H,6-10,15H2,1-5H3. The molecule has 1 aromatic carbocycles. The molecule has 0 amide bonds. The highest BCUT2D eigenvalue weighted by molar-refractivity contribution is 6.12. The van der Waals surface area contributed by atoms with E-state index in [1.807, 2.05) is 45.0 Å². The predicted molar refractivity (Wildman–Crippen MR) is 128 cm³/mol. The zero-order chi connectivity index (χ0) is 24.8. The number of Topliss-reactive ketones (excluding diaryl/α,β-unsaturated/α-hetero) is 1. The van der Waals surface area contributed by atoms with Gasteiger partial charge >= 0.3 is 11.9 Å². The Bertz CT molecular complexity index is 991. The number of hydrogen-bond donors (Lipinski definition) is 1. The summed E-state index contributed by atoms with van der Waals surface area (Å²) in [7, 11) is 0. The summed E-state index contributed by atoms with van der Waals surface area (Å²) in [5, 5.41) is 3.39. The van der Waals surface area contributed by atoms with Crippen molar-refractivity contribution in [2.45, 2.75) is 59.8 Å². The van der Waals surface area contributed by atoms with Crippen molar-refractivity contribution in [3.8, 4) is 5.75 Å². The van der Waals surface area contributed by atoms with Gasteiger partial charge in [0.1, 0.15) is 11.7 Å². The smallest absolute Gasteiger partial charge is 0.336 e. The van der Waals surface area contributed by atoms with Crippen LogP contribution in [0.25, 0.3) is 0 Å². The van der Waals surface area contributed by atoms with E-state index in [4.69, 9.17) is 14.2 Å². The summed E-state index contributed by atoms with van der Waals surface area (Å²) < 4.78 is 16.3. The molecule has 3 unspecified atom stereocenters. The topological polar surface area (TPSA) is 90.9 Å². The lowest BCUT2D eigenvalue weighted by Crippen LogP contribution is -2.43. The summed E-state index contributed by atoms with van der Waals surface area (Å²) in [6.45, 7) is 10.3. The quantitative estimate of drug-likeness (QED) is 0.422. The third-order valence-corrected chi connectivity index (χ3v) is 6.23. The Kier molecular flexibility index (Phi) is 8.53. The summed E-state index contributed by atoms with van der Waals surface area (Å²) >= 11 is 0. The average molecular weight is 470 g/mol. The average Bonchev–Trinajstić information content (AvgIpc) is 2.79. The minimum Gasteiger partial charge on any atom is -0.494 e. The molecule has 7 nitrogen and oxygen atoms in total. The normalized spacial score (nSPS) is 22.1. The first-order valence-electron chi connectivity index (χ1n) is 12.2. The maximum Gasteiger partial charge on any atom is 0.336 e. The van der Waals surface area contributed by atoms with Gasteiger partial charge in [-0.05, 0) is 57.2 Å². The molecular weight excluding hydrogens is 434 g/mol. The van der Waals surface area contributed by atoms with Crippen LogP contribution < -0.4 is 10.1 Å². The van der Waals surface area contributed by atoms with Gasteiger partial charge in [0.15, 0.2) is 5.78 Å². The van der Waals surface area contributed by atoms with Crippen LogP contribution in [0.4, 0.5) is 0 Å². The van der Waals surface area contributed by atoms with Gasteiger partial charge in [0.05, 0.1) is 25.4 Å². The van der Waals surface area contributed by atoms with E-state index in [1.54, 1.807) is 13.8 Å². The van der Waals surface area contributed by atoms with E-state index in [-0.39, 0.29) is 24.9 Å². The maximum absolute atomic E-state index is 13.8. The van der Waals surface area contributed by atoms with Crippen molar-refractivity contribution in [2.24, 2.45) is 11.8 Å². The van der Waals surface area contributed by atoms with Crippen LogP contribution in [0.15, 0.2) is 46.8 Å². The van der Waals surface area contributed by atoms with Crippen LogP contribution in [0, 0.1) is 11.8 Å². The van der Waals surface area contributed by atoms with Gasteiger partial charge in [-0.3, -0.25) is 9.59 Å². The highest BCUT2D eigenvalue weighted by Crippen LogP contribution is 2.46. The number of ether oxygens (including phenoxy) is 3. The number of nitrogens with one attached hydrogen (secondary N) is 1. The number of ketones is 1. The molecule has 1 aliphatic heterocycles. The second-order valence-electron chi connectivity index (χ2n) is 8.59. The minimum absolute atomic E-state index is 0.205. The summed E-state index contributed by atoms with van der Waals surface area (Å²) in [5.41, 5.74) is 3.20. The molecule has 1 N–H and O–H groups in total. The highest BCUT2D eigenvalue weighted by Gasteiger charge is 2.47. The number of carbonyl (C=O) groups is 3. The number of dihydropyridines is 1. The molecule has 1 heterocycles. The molecule has 2 aliphatic rings. The molecule has 0 bridgehead atoms. The highest BCUT2D eigenvalue weighted by atomic mass is 16.5. The molecule has 0 spiro atoms. The van der Waals surface area contributed by atoms with Gasteiger partial charge in [0.25, 0.3) is 0 Å². The molecule has 0 fully saturated rings. The van der Waals surface area contributed by atoms with E-state index in [2.05, 4.69) is 5.32 Å². The van der Waals surface area contributed by atoms with Gasteiger partial charge in [0.2, 0.25) is 0 Å². The number of allylic oxidation sites excluding steroid dienone is 3. The van der Waals surface area contributed by atoms with Gasteiger partial charge in [-0.15, -0.1) is 0 Å². The number of esters is 2. The first-order valence-corrected chi connectivity index (χ1v) is 12.2. The summed E-state index contributed by atoms with van der Waals surface area (Å²) in [5.74, 6) is -2.31. The van der Waals surface area contributed by atoms with Crippen LogP contribution in [0.1, 0.15) is 65.4 Å². The molecule has 0 radical (unpaired) electrons. The van der Waals surface area contributed by atoms with Crippen molar-refractivity contribution in [3.63, 3.8) is 0 Å². The molecule has 0 saturated heterocycles. The van der Waals surface area contributed by atoms with Crippen LogP contribution in [0.5, 0.6) is 5.75 Å². The summed E-state index contributed by atoms with van der Waals surface area (Å²) in [6, 6.07) is 7.42. The molecule has 1 aromatic rings. The molecule has 7 heteroatoms. The van der Waals surface area contributed by atoms with Crippen LogP contribution >= 0.6 is 0 Å². The third kappa shape index (κ3) is 5.03. The van der Waals surface area contributed by atoms with E-state index in [1.165, 1.54) is 0 Å². The van der Waals surface area contributed by atoms with E-state index in [9.17, 15) is 14.4 Å². The number of benzene rings is 1. The lowest BCUT2D eigenvalue weighted by atomic mass is 9.69. The van der Waals surface area contributed by atoms with Gasteiger partial charge in [-0.1, -0.05) is 32.4 Å². The predicted octanol–water partition coefficient (Wildman–Crippen LogP) is 4.43. The van der Waals surface area contributed by atoms with Gasteiger partial charge in [-0.2, -0.15) is 0 Å². The second-order valence-corrected chi connectivity index (χ2v) is 8.59. The van der Waals surface area contributed by atoms with E-state index in [0.717, 1.165) is 23.4 Å². The van der Waals surface area contributed by atoms with Crippen molar-refractivity contribution >= 4 is 17.7 Å². The Labute approximate surface area is 201 Å². The van der Waals surface area contributed by atoms with E-state index >= 15 is 0 Å². The molecule has 1 aliphatic carbocycles. The summed E-state index contributed by atoms with van der Waals surface area (Å²) in [4.78, 5) is 39.8. The second kappa shape index (κ2) is 11.4. The van der Waals surface area contributed by atoms with Gasteiger partial charge in [0, 0.05) is 22.9 Å². The minimum atomic E-state index is -0.901. The Balaban J connectivity index is 2.18. The molecule has 34 heavy (non-hydrogen) atoms. The Hall–Kier alpha value is -3.09. The zero-order valence-electron chi connectivity index (χ0n) is 20.7. The lowest BCUT2D eigenvalue weighted by molar-refractivity contribution is -0.153. The van der Waals surface area contributed by atoms with Crippen molar-refractivity contribution in [2.75, 3.05) is 19.8 Å². The molecule has 0 saturated carbocycles. The fraction of sp³-hybridized carbons (Fsp3) is 0.519. The Morgan fingerprint density at radius 3 is 2.26 bits per heavy atom. The first kappa shape index (κ1) is 25.5. The number of carbonyl (C=O) groups excluding carboxylic acids is 3. The van der Waals surface area contributed by atoms with Crippen molar-refractivity contribution in [1.29, 1.82) is 0 Å². The van der Waals surface area contributed by atoms with Crippen molar-refractivity contribution in [1.82, 2.24) is 5.32 Å². The SMILES string of the molecule is CCCC1=C(C(=O)OCC)C(c2ccc(OCC)cc2)C2=C(CC(C)C(C(=O)OCC)C2=O)N1. The van der Waals surface area contributed by atoms with Gasteiger partial charge in [-0.25, -0.2) is 4.79 Å². The Morgan fingerprint density at radius 1 is 1.00 bits per heavy atom. The molecule has 0 aromatic heterocycles.